The number of nitrogens with one attached hydrogen (secondary N) is 1. The maximum Gasteiger partial charge on any atom is 0.330 e. The molecule has 2 aromatic carbocycles. The Morgan fingerprint density at radius 2 is 1.54 bits per heavy atom. The minimum absolute atomic E-state index is 0.263. The van der Waals surface area contributed by atoms with E-state index in [1.54, 1.807) is 24.3 Å². The van der Waals surface area contributed by atoms with Crippen LogP contribution in [0.15, 0.2) is 30.3 Å². The Bertz CT molecular complexity index is 819. The maximum atomic E-state index is 12.6. The lowest BCUT2D eigenvalue weighted by molar-refractivity contribution is -0.139. The molecule has 6 heteroatoms. The summed E-state index contributed by atoms with van der Waals surface area (Å²) in [5.74, 6) is -0.667. The quantitative estimate of drug-likeness (QED) is 0.829. The molecule has 1 unspecified atom stereocenters. The van der Waals surface area contributed by atoms with E-state index in [9.17, 15) is 14.7 Å². The summed E-state index contributed by atoms with van der Waals surface area (Å²) >= 11 is 0. The minimum atomic E-state index is -1.15. The van der Waals surface area contributed by atoms with E-state index in [1.807, 2.05) is 26.8 Å². The number of carboxylic acid groups (broad SMARTS) is 1. The molecule has 2 aromatic rings. The van der Waals surface area contributed by atoms with Crippen molar-refractivity contribution in [3.63, 3.8) is 0 Å². The van der Waals surface area contributed by atoms with Crippen LogP contribution in [0.3, 0.4) is 0 Å². The van der Waals surface area contributed by atoms with Gasteiger partial charge in [0, 0.05) is 11.1 Å². The van der Waals surface area contributed by atoms with Gasteiger partial charge in [-0.05, 0) is 49.6 Å². The van der Waals surface area contributed by atoms with E-state index in [0.29, 0.717) is 17.1 Å². The third kappa shape index (κ3) is 3.96. The first-order chi connectivity index (χ1) is 12.3. The Labute approximate surface area is 152 Å². The zero-order valence-corrected chi connectivity index (χ0v) is 15.5. The number of benzene rings is 2. The lowest BCUT2D eigenvalue weighted by atomic mass is 10.0. The first-order valence-corrected chi connectivity index (χ1v) is 8.12. The molecule has 0 aromatic heterocycles. The van der Waals surface area contributed by atoms with E-state index in [-0.39, 0.29) is 5.56 Å². The highest BCUT2D eigenvalue weighted by Crippen LogP contribution is 2.29. The van der Waals surface area contributed by atoms with Crippen molar-refractivity contribution in [2.75, 3.05) is 14.2 Å². The molecule has 0 saturated carbocycles. The Morgan fingerprint density at radius 3 is 2.00 bits per heavy atom. The van der Waals surface area contributed by atoms with E-state index >= 15 is 0 Å². The number of methoxy groups -OCH3 is 2. The summed E-state index contributed by atoms with van der Waals surface area (Å²) < 4.78 is 10.5. The molecule has 0 fully saturated rings. The number of carbonyl (C=O) groups is 2. The summed E-state index contributed by atoms with van der Waals surface area (Å²) in [5.41, 5.74) is 3.55. The molecule has 0 aliphatic rings. The van der Waals surface area contributed by atoms with Crippen LogP contribution in [-0.2, 0) is 4.79 Å². The number of hydrogen-bond donors (Lipinski definition) is 2. The molecular weight excluding hydrogens is 334 g/mol. The molecule has 0 saturated heterocycles. The number of hydrogen-bond acceptors (Lipinski definition) is 4. The molecule has 0 spiro atoms. The van der Waals surface area contributed by atoms with Gasteiger partial charge >= 0.3 is 5.97 Å². The van der Waals surface area contributed by atoms with Crippen molar-refractivity contribution in [1.82, 2.24) is 5.32 Å². The number of carbonyl (C=O) groups excluding carboxylic acids is 1. The third-order valence-corrected chi connectivity index (χ3v) is 4.40. The van der Waals surface area contributed by atoms with Crippen molar-refractivity contribution in [3.05, 3.63) is 58.1 Å². The van der Waals surface area contributed by atoms with Crippen LogP contribution in [0.4, 0.5) is 0 Å². The second-order valence-corrected chi connectivity index (χ2v) is 6.09. The van der Waals surface area contributed by atoms with Gasteiger partial charge < -0.3 is 19.9 Å². The summed E-state index contributed by atoms with van der Waals surface area (Å²) in [6, 6.07) is 7.28. The molecule has 0 aliphatic carbocycles. The summed E-state index contributed by atoms with van der Waals surface area (Å²) in [7, 11) is 3.00. The first-order valence-electron chi connectivity index (χ1n) is 8.12. The van der Waals surface area contributed by atoms with Crippen LogP contribution < -0.4 is 14.8 Å². The van der Waals surface area contributed by atoms with Gasteiger partial charge in [0.05, 0.1) is 14.2 Å². The predicted molar refractivity (Wildman–Crippen MR) is 98.0 cm³/mol. The highest BCUT2D eigenvalue weighted by Gasteiger charge is 2.24. The van der Waals surface area contributed by atoms with Crippen LogP contribution in [0.2, 0.25) is 0 Å². The fourth-order valence-electron chi connectivity index (χ4n) is 2.66. The van der Waals surface area contributed by atoms with Gasteiger partial charge in [0.25, 0.3) is 5.91 Å². The SMILES string of the molecule is COc1cc(C(=O)NC(C(=O)O)c2ccc(C)c(C)c2)cc(OC)c1C. The van der Waals surface area contributed by atoms with Crippen LogP contribution in [0.5, 0.6) is 11.5 Å². The van der Waals surface area contributed by atoms with Crippen molar-refractivity contribution in [2.24, 2.45) is 0 Å². The van der Waals surface area contributed by atoms with Gasteiger partial charge in [0.2, 0.25) is 0 Å². The minimum Gasteiger partial charge on any atom is -0.496 e. The van der Waals surface area contributed by atoms with Crippen molar-refractivity contribution >= 4 is 11.9 Å². The topological polar surface area (TPSA) is 84.9 Å². The molecule has 0 radical (unpaired) electrons. The fourth-order valence-corrected chi connectivity index (χ4v) is 2.66. The van der Waals surface area contributed by atoms with Gasteiger partial charge in [-0.3, -0.25) is 4.79 Å². The Morgan fingerprint density at radius 1 is 0.962 bits per heavy atom. The molecule has 138 valence electrons. The van der Waals surface area contributed by atoms with Gasteiger partial charge in [-0.2, -0.15) is 0 Å². The Balaban J connectivity index is 2.36. The highest BCUT2D eigenvalue weighted by atomic mass is 16.5. The van der Waals surface area contributed by atoms with Crippen LogP contribution in [0, 0.1) is 20.8 Å². The van der Waals surface area contributed by atoms with Crippen molar-refractivity contribution in [1.29, 1.82) is 0 Å². The second kappa shape index (κ2) is 7.91. The number of rotatable bonds is 6. The van der Waals surface area contributed by atoms with E-state index in [1.165, 1.54) is 14.2 Å². The summed E-state index contributed by atoms with van der Waals surface area (Å²) in [4.78, 5) is 24.3. The zero-order valence-electron chi connectivity index (χ0n) is 15.5. The standard InChI is InChI=1S/C20H23NO5/c1-11-6-7-14(8-12(11)2)18(20(23)24)21-19(22)15-9-16(25-4)13(3)17(10-15)26-5/h6-10,18H,1-5H3,(H,21,22)(H,23,24). The molecule has 2 N–H and O–H groups in total. The summed E-state index contributed by atoms with van der Waals surface area (Å²) in [6.45, 7) is 5.65. The highest BCUT2D eigenvalue weighted by molar-refractivity contribution is 5.97. The number of ether oxygens (including phenoxy) is 2. The summed E-state index contributed by atoms with van der Waals surface area (Å²) in [6.07, 6.45) is 0. The smallest absolute Gasteiger partial charge is 0.330 e. The van der Waals surface area contributed by atoms with Crippen LogP contribution in [0.1, 0.15) is 38.7 Å². The van der Waals surface area contributed by atoms with Crippen LogP contribution in [0.25, 0.3) is 0 Å². The molecule has 2 rings (SSSR count). The molecule has 1 atom stereocenters. The maximum absolute atomic E-state index is 12.6. The van der Waals surface area contributed by atoms with Crippen molar-refractivity contribution < 1.29 is 24.2 Å². The molecule has 0 aliphatic heterocycles. The van der Waals surface area contributed by atoms with Gasteiger partial charge in [-0.1, -0.05) is 18.2 Å². The molecular formula is C20H23NO5. The fraction of sp³-hybridized carbons (Fsp3) is 0.300. The van der Waals surface area contributed by atoms with Gasteiger partial charge in [0.1, 0.15) is 11.5 Å². The lowest BCUT2D eigenvalue weighted by Gasteiger charge is -2.17. The molecule has 0 bridgehead atoms. The van der Waals surface area contributed by atoms with Gasteiger partial charge in [-0.15, -0.1) is 0 Å². The number of carboxylic acids is 1. The van der Waals surface area contributed by atoms with E-state index < -0.39 is 17.9 Å². The largest absolute Gasteiger partial charge is 0.496 e. The number of aryl methyl sites for hydroxylation is 2. The average Bonchev–Trinajstić information content (AvgIpc) is 2.61. The van der Waals surface area contributed by atoms with Crippen molar-refractivity contribution in [3.8, 4) is 11.5 Å². The predicted octanol–water partition coefficient (Wildman–Crippen LogP) is 3.18. The molecule has 6 nitrogen and oxygen atoms in total. The van der Waals surface area contributed by atoms with Gasteiger partial charge in [-0.25, -0.2) is 4.79 Å². The second-order valence-electron chi connectivity index (χ2n) is 6.09. The van der Waals surface area contributed by atoms with Crippen LogP contribution >= 0.6 is 0 Å². The lowest BCUT2D eigenvalue weighted by Crippen LogP contribution is -2.33. The van der Waals surface area contributed by atoms with Gasteiger partial charge in [0.15, 0.2) is 6.04 Å². The molecule has 0 heterocycles. The van der Waals surface area contributed by atoms with E-state index in [4.69, 9.17) is 9.47 Å². The zero-order chi connectivity index (χ0) is 19.4. The monoisotopic (exact) mass is 357 g/mol. The molecule has 1 amide bonds. The number of aliphatic carboxylic acids is 1. The first kappa shape index (κ1) is 19.3. The normalized spacial score (nSPS) is 11.6. The number of amides is 1. The third-order valence-electron chi connectivity index (χ3n) is 4.40. The Hall–Kier alpha value is -3.02. The van der Waals surface area contributed by atoms with E-state index in [2.05, 4.69) is 5.32 Å². The summed E-state index contributed by atoms with van der Waals surface area (Å²) in [5, 5.41) is 12.1. The van der Waals surface area contributed by atoms with E-state index in [0.717, 1.165) is 16.7 Å². The van der Waals surface area contributed by atoms with Crippen molar-refractivity contribution in [2.45, 2.75) is 26.8 Å². The average molecular weight is 357 g/mol. The van der Waals surface area contributed by atoms with Crippen LogP contribution in [-0.4, -0.2) is 31.2 Å². The Kier molecular flexibility index (Phi) is 5.87. The molecule has 26 heavy (non-hydrogen) atoms.